The minimum atomic E-state index is -4.28. The number of sulfonamides is 1. The highest BCUT2D eigenvalue weighted by Crippen LogP contribution is 2.27. The zero-order valence-corrected chi connectivity index (χ0v) is 14.8. The lowest BCUT2D eigenvalue weighted by Crippen LogP contribution is -2.49. The number of hydrogen-bond donors (Lipinski definition) is 2. The molecule has 1 heterocycles. The highest BCUT2D eigenvalue weighted by molar-refractivity contribution is 7.92. The van der Waals surface area contributed by atoms with E-state index in [0.717, 1.165) is 5.56 Å². The van der Waals surface area contributed by atoms with E-state index >= 15 is 0 Å². The highest BCUT2D eigenvalue weighted by Gasteiger charge is 2.45. The molecule has 1 aromatic carbocycles. The lowest BCUT2D eigenvalue weighted by Gasteiger charge is -2.28. The molecule has 2 atom stereocenters. The van der Waals surface area contributed by atoms with Crippen molar-refractivity contribution >= 4 is 25.8 Å². The van der Waals surface area contributed by atoms with E-state index in [1.54, 1.807) is 26.0 Å². The van der Waals surface area contributed by atoms with Crippen molar-refractivity contribution in [1.29, 1.82) is 0 Å². The van der Waals surface area contributed by atoms with E-state index in [4.69, 9.17) is 5.11 Å². The number of carbonyl (C=O) groups is 1. The van der Waals surface area contributed by atoms with Crippen LogP contribution in [-0.4, -0.2) is 67.5 Å². The molecule has 0 aromatic heterocycles. The van der Waals surface area contributed by atoms with Crippen LogP contribution in [0.4, 0.5) is 0 Å². The van der Waals surface area contributed by atoms with E-state index in [1.807, 2.05) is 0 Å². The van der Waals surface area contributed by atoms with E-state index in [0.29, 0.717) is 9.87 Å². The zero-order chi connectivity index (χ0) is 18.3. The second-order valence-electron chi connectivity index (χ2n) is 5.92. The molecule has 2 N–H and O–H groups in total. The molecule has 0 amide bonds. The minimum absolute atomic E-state index is 0.106. The Hall–Kier alpha value is -1.49. The number of benzene rings is 1. The number of aliphatic hydroxyl groups excluding tert-OH is 1. The Kier molecular flexibility index (Phi) is 5.05. The summed E-state index contributed by atoms with van der Waals surface area (Å²) in [4.78, 5) is 11.0. The lowest BCUT2D eigenvalue weighted by molar-refractivity contribution is -0.137. The molecular formula is C14H19NO7S2. The summed E-state index contributed by atoms with van der Waals surface area (Å²) in [5.41, 5.74) is 1.25. The summed E-state index contributed by atoms with van der Waals surface area (Å²) in [5.74, 6) is -2.62. The van der Waals surface area contributed by atoms with Gasteiger partial charge in [0.25, 0.3) is 0 Å². The Morgan fingerprint density at radius 3 is 2.38 bits per heavy atom. The van der Waals surface area contributed by atoms with E-state index in [-0.39, 0.29) is 4.90 Å². The van der Waals surface area contributed by atoms with Crippen LogP contribution in [0.25, 0.3) is 0 Å². The van der Waals surface area contributed by atoms with Gasteiger partial charge in [0.2, 0.25) is 10.0 Å². The number of hydrogen-bond acceptors (Lipinski definition) is 6. The second-order valence-corrected chi connectivity index (χ2v) is 9.94. The lowest BCUT2D eigenvalue weighted by atomic mass is 10.2. The quantitative estimate of drug-likeness (QED) is 0.710. The van der Waals surface area contributed by atoms with Crippen molar-refractivity contribution in [2.45, 2.75) is 30.9 Å². The molecule has 24 heavy (non-hydrogen) atoms. The molecule has 1 saturated heterocycles. The topological polar surface area (TPSA) is 129 Å². The Morgan fingerprint density at radius 2 is 1.92 bits per heavy atom. The maximum Gasteiger partial charge on any atom is 0.318 e. The van der Waals surface area contributed by atoms with Gasteiger partial charge in [0.1, 0.15) is 6.54 Å². The largest absolute Gasteiger partial charge is 0.480 e. The van der Waals surface area contributed by atoms with Crippen LogP contribution in [0, 0.1) is 13.8 Å². The first kappa shape index (κ1) is 18.8. The van der Waals surface area contributed by atoms with Gasteiger partial charge in [-0.1, -0.05) is 17.7 Å². The van der Waals surface area contributed by atoms with E-state index in [9.17, 15) is 26.7 Å². The summed E-state index contributed by atoms with van der Waals surface area (Å²) in [6.07, 6.45) is -1.46. The van der Waals surface area contributed by atoms with Gasteiger partial charge < -0.3 is 10.2 Å². The molecule has 134 valence electrons. The summed E-state index contributed by atoms with van der Waals surface area (Å²) >= 11 is 0. The summed E-state index contributed by atoms with van der Waals surface area (Å²) < 4.78 is 49.7. The molecule has 1 aromatic rings. The highest BCUT2D eigenvalue weighted by atomic mass is 32.2. The van der Waals surface area contributed by atoms with Crippen molar-refractivity contribution in [3.8, 4) is 0 Å². The van der Waals surface area contributed by atoms with Crippen LogP contribution >= 0.6 is 0 Å². The van der Waals surface area contributed by atoms with Crippen LogP contribution < -0.4 is 0 Å². The Balaban J connectivity index is 2.53. The summed E-state index contributed by atoms with van der Waals surface area (Å²) in [5, 5.41) is 19.0. The number of carboxylic acids is 1. The first-order valence-corrected chi connectivity index (χ1v) is 10.4. The van der Waals surface area contributed by atoms with Crippen LogP contribution in [0.3, 0.4) is 0 Å². The molecule has 0 unspecified atom stereocenters. The van der Waals surface area contributed by atoms with Gasteiger partial charge in [-0.25, -0.2) is 16.8 Å². The standard InChI is InChI=1S/C14H19NO7S2/c1-9-3-4-13(10(2)5-9)24(21,22)15(6-14(17)18)11-7-23(19,20)8-12(11)16/h3-5,11-12,16H,6-8H2,1-2H3,(H,17,18)/t11-,12+/m0/s1. The van der Waals surface area contributed by atoms with E-state index in [2.05, 4.69) is 0 Å². The zero-order valence-electron chi connectivity index (χ0n) is 13.2. The van der Waals surface area contributed by atoms with Gasteiger partial charge >= 0.3 is 5.97 Å². The SMILES string of the molecule is Cc1ccc(S(=O)(=O)N(CC(=O)O)[C@H]2CS(=O)(=O)C[C@H]2O)c(C)c1. The van der Waals surface area contributed by atoms with Crippen molar-refractivity contribution < 1.29 is 31.8 Å². The molecular weight excluding hydrogens is 358 g/mol. The number of rotatable bonds is 5. The molecule has 0 bridgehead atoms. The molecule has 0 spiro atoms. The summed E-state index contributed by atoms with van der Waals surface area (Å²) in [6, 6.07) is 3.23. The first-order valence-electron chi connectivity index (χ1n) is 7.13. The molecule has 10 heteroatoms. The van der Waals surface area contributed by atoms with Crippen LogP contribution in [0.5, 0.6) is 0 Å². The third kappa shape index (κ3) is 3.77. The number of sulfone groups is 1. The van der Waals surface area contributed by atoms with Crippen LogP contribution in [-0.2, 0) is 24.7 Å². The average Bonchev–Trinajstić information content (AvgIpc) is 2.68. The summed E-state index contributed by atoms with van der Waals surface area (Å²) in [6.45, 7) is 2.43. The fourth-order valence-corrected chi connectivity index (χ4v) is 6.52. The van der Waals surface area contributed by atoms with Crippen molar-refractivity contribution in [2.75, 3.05) is 18.1 Å². The maximum absolute atomic E-state index is 12.9. The Labute approximate surface area is 140 Å². The molecule has 2 rings (SSSR count). The minimum Gasteiger partial charge on any atom is -0.480 e. The van der Waals surface area contributed by atoms with Gasteiger partial charge in [-0.05, 0) is 25.5 Å². The molecule has 1 aliphatic heterocycles. The van der Waals surface area contributed by atoms with Crippen molar-refractivity contribution in [1.82, 2.24) is 4.31 Å². The number of nitrogens with zero attached hydrogens (tertiary/aromatic N) is 1. The third-order valence-electron chi connectivity index (χ3n) is 3.87. The number of aliphatic carboxylic acids is 1. The van der Waals surface area contributed by atoms with E-state index < -0.39 is 56.0 Å². The maximum atomic E-state index is 12.9. The van der Waals surface area contributed by atoms with Gasteiger partial charge in [0.15, 0.2) is 9.84 Å². The number of aryl methyl sites for hydroxylation is 2. The normalized spacial score (nSPS) is 23.5. The van der Waals surface area contributed by atoms with Crippen molar-refractivity contribution in [3.05, 3.63) is 29.3 Å². The van der Waals surface area contributed by atoms with Crippen molar-refractivity contribution in [3.63, 3.8) is 0 Å². The summed E-state index contributed by atoms with van der Waals surface area (Å²) in [7, 11) is -7.92. The predicted molar refractivity (Wildman–Crippen MR) is 85.9 cm³/mol. The van der Waals surface area contributed by atoms with Crippen molar-refractivity contribution in [2.24, 2.45) is 0 Å². The fourth-order valence-electron chi connectivity index (χ4n) is 2.81. The molecule has 0 radical (unpaired) electrons. The molecule has 1 fully saturated rings. The molecule has 1 aliphatic rings. The number of carboxylic acid groups (broad SMARTS) is 1. The van der Waals surface area contributed by atoms with E-state index in [1.165, 1.54) is 6.07 Å². The van der Waals surface area contributed by atoms with Gasteiger partial charge in [-0.15, -0.1) is 0 Å². The third-order valence-corrected chi connectivity index (χ3v) is 7.60. The van der Waals surface area contributed by atoms with Gasteiger partial charge in [-0.2, -0.15) is 4.31 Å². The molecule has 8 nitrogen and oxygen atoms in total. The van der Waals surface area contributed by atoms with Crippen LogP contribution in [0.1, 0.15) is 11.1 Å². The second kappa shape index (κ2) is 6.43. The van der Waals surface area contributed by atoms with Gasteiger partial charge in [0.05, 0.1) is 28.5 Å². The number of aliphatic hydroxyl groups is 1. The fraction of sp³-hybridized carbons (Fsp3) is 0.500. The Bertz CT molecular complexity index is 861. The first-order chi connectivity index (χ1) is 10.9. The predicted octanol–water partition coefficient (Wildman–Crippen LogP) is -0.463. The Morgan fingerprint density at radius 1 is 1.29 bits per heavy atom. The average molecular weight is 377 g/mol. The molecule has 0 saturated carbocycles. The van der Waals surface area contributed by atoms with Crippen LogP contribution in [0.2, 0.25) is 0 Å². The van der Waals surface area contributed by atoms with Gasteiger partial charge in [0, 0.05) is 0 Å². The van der Waals surface area contributed by atoms with Gasteiger partial charge in [-0.3, -0.25) is 4.79 Å². The smallest absolute Gasteiger partial charge is 0.318 e. The van der Waals surface area contributed by atoms with Crippen LogP contribution in [0.15, 0.2) is 23.1 Å². The molecule has 0 aliphatic carbocycles. The monoisotopic (exact) mass is 377 g/mol.